The molecule has 0 aliphatic heterocycles. The molecule has 2 nitrogen and oxygen atoms in total. The maximum Gasteiger partial charge on any atom is 0.0547 e. The quantitative estimate of drug-likeness (QED) is 0.162. The van der Waals surface area contributed by atoms with Gasteiger partial charge < -0.3 is 9.13 Å². The van der Waals surface area contributed by atoms with Crippen LogP contribution in [0, 0.1) is 0 Å². The minimum absolute atomic E-state index is 1.14. The number of aromatic nitrogens is 2. The average Bonchev–Trinajstić information content (AvgIpc) is 3.79. The summed E-state index contributed by atoms with van der Waals surface area (Å²) in [6, 6.07) is 79.5. The van der Waals surface area contributed by atoms with Gasteiger partial charge in [0.25, 0.3) is 0 Å². The lowest BCUT2D eigenvalue weighted by molar-refractivity contribution is 1.18. The monoisotopic (exact) mass is 712 g/mol. The molecule has 9 aromatic carbocycles. The highest BCUT2D eigenvalue weighted by Gasteiger charge is 2.17. The Bertz CT molecular complexity index is 3150. The largest absolute Gasteiger partial charge is 0.309 e. The van der Waals surface area contributed by atoms with Crippen LogP contribution in [0.5, 0.6) is 0 Å². The Hall–Kier alpha value is -7.42. The third-order valence-electron chi connectivity index (χ3n) is 11.3. The van der Waals surface area contributed by atoms with Gasteiger partial charge in [0.1, 0.15) is 0 Å². The lowest BCUT2D eigenvalue weighted by Crippen LogP contribution is -1.96. The Kier molecular flexibility index (Phi) is 7.53. The molecule has 2 heteroatoms. The number of hydrogen-bond acceptors (Lipinski definition) is 0. The van der Waals surface area contributed by atoms with Crippen LogP contribution in [0.3, 0.4) is 0 Å². The number of fused-ring (bicyclic) bond motifs is 6. The molecule has 0 saturated heterocycles. The Morgan fingerprint density at radius 2 is 0.607 bits per heavy atom. The molecule has 0 aliphatic carbocycles. The van der Waals surface area contributed by atoms with Crippen molar-refractivity contribution in [1.29, 1.82) is 0 Å². The molecule has 0 saturated carbocycles. The summed E-state index contributed by atoms with van der Waals surface area (Å²) in [5.74, 6) is 0. The van der Waals surface area contributed by atoms with Gasteiger partial charge in [-0.3, -0.25) is 0 Å². The molecular weight excluding hydrogens is 677 g/mol. The summed E-state index contributed by atoms with van der Waals surface area (Å²) in [6.45, 7) is 0. The van der Waals surface area contributed by atoms with Crippen molar-refractivity contribution in [2.75, 3.05) is 0 Å². The van der Waals surface area contributed by atoms with Crippen molar-refractivity contribution in [3.8, 4) is 55.9 Å². The molecule has 0 radical (unpaired) electrons. The van der Waals surface area contributed by atoms with Crippen molar-refractivity contribution in [3.05, 3.63) is 218 Å². The predicted octanol–water partition coefficient (Wildman–Crippen LogP) is 14.5. The van der Waals surface area contributed by atoms with Crippen LogP contribution in [0.4, 0.5) is 0 Å². The lowest BCUT2D eigenvalue weighted by Gasteiger charge is -2.14. The van der Waals surface area contributed by atoms with Gasteiger partial charge in [-0.1, -0.05) is 158 Å². The van der Waals surface area contributed by atoms with E-state index in [2.05, 4.69) is 228 Å². The van der Waals surface area contributed by atoms with Crippen molar-refractivity contribution in [3.63, 3.8) is 0 Å². The molecule has 0 spiro atoms. The molecule has 0 bridgehead atoms. The van der Waals surface area contributed by atoms with Crippen LogP contribution >= 0.6 is 0 Å². The Morgan fingerprint density at radius 1 is 0.196 bits per heavy atom. The first-order chi connectivity index (χ1) is 27.8. The van der Waals surface area contributed by atoms with Crippen molar-refractivity contribution in [2.24, 2.45) is 0 Å². The maximum atomic E-state index is 2.45. The fraction of sp³-hybridized carbons (Fsp3) is 0. The van der Waals surface area contributed by atoms with Crippen LogP contribution < -0.4 is 0 Å². The van der Waals surface area contributed by atoms with Gasteiger partial charge in [-0.25, -0.2) is 0 Å². The summed E-state index contributed by atoms with van der Waals surface area (Å²) in [5, 5.41) is 4.98. The minimum atomic E-state index is 1.14. The van der Waals surface area contributed by atoms with E-state index in [0.29, 0.717) is 0 Å². The van der Waals surface area contributed by atoms with E-state index in [0.717, 1.165) is 11.4 Å². The first kappa shape index (κ1) is 32.0. The van der Waals surface area contributed by atoms with E-state index in [-0.39, 0.29) is 0 Å². The van der Waals surface area contributed by atoms with Gasteiger partial charge in [0.2, 0.25) is 0 Å². The molecule has 0 N–H and O–H groups in total. The van der Waals surface area contributed by atoms with Gasteiger partial charge in [0.15, 0.2) is 0 Å². The molecule has 0 aliphatic rings. The van der Waals surface area contributed by atoms with Crippen LogP contribution in [-0.2, 0) is 0 Å². The normalized spacial score (nSPS) is 11.6. The van der Waals surface area contributed by atoms with Gasteiger partial charge in [-0.05, 0) is 105 Å². The smallest absolute Gasteiger partial charge is 0.0547 e. The molecule has 0 fully saturated rings. The summed E-state index contributed by atoms with van der Waals surface area (Å²) in [6.07, 6.45) is 0. The Labute approximate surface area is 325 Å². The SMILES string of the molecule is c1ccc(-c2ccc(-n3c4ccccc4c4cc(-c5ccc6c7ccccc7n(-c7cc(-c8ccccc8)cc(-c8ccccc8)c7)c6c5)ccc43)cc2)cc1. The molecule has 0 unspecified atom stereocenters. The van der Waals surface area contributed by atoms with E-state index < -0.39 is 0 Å². The summed E-state index contributed by atoms with van der Waals surface area (Å²) in [5.41, 5.74) is 16.7. The first-order valence-electron chi connectivity index (χ1n) is 19.3. The van der Waals surface area contributed by atoms with Gasteiger partial charge in [0, 0.05) is 32.9 Å². The zero-order valence-corrected chi connectivity index (χ0v) is 30.7. The second kappa shape index (κ2) is 13.2. The average molecular weight is 713 g/mol. The first-order valence-corrected chi connectivity index (χ1v) is 19.3. The molecule has 11 rings (SSSR count). The zero-order chi connectivity index (χ0) is 37.0. The van der Waals surface area contributed by atoms with E-state index in [4.69, 9.17) is 0 Å². The fourth-order valence-corrected chi connectivity index (χ4v) is 8.63. The number of benzene rings is 9. The minimum Gasteiger partial charge on any atom is -0.309 e. The lowest BCUT2D eigenvalue weighted by atomic mass is 9.98. The topological polar surface area (TPSA) is 9.86 Å². The standard InChI is InChI=1S/C54H36N2/c1-4-14-37(15-5-1)40-24-28-45(29-25-40)55-52-23-13-11-21-48(52)50-35-41(27-31-53(50)55)42-26-30-49-47-20-10-12-22-51(47)56(54(49)36-42)46-33-43(38-16-6-2-7-17-38)32-44(34-46)39-18-8-3-9-19-39/h1-36H. The molecule has 0 atom stereocenters. The third kappa shape index (κ3) is 5.34. The highest BCUT2D eigenvalue weighted by molar-refractivity contribution is 6.12. The molecular formula is C54H36N2. The molecule has 262 valence electrons. The Morgan fingerprint density at radius 3 is 1.21 bits per heavy atom. The number of hydrogen-bond donors (Lipinski definition) is 0. The van der Waals surface area contributed by atoms with E-state index >= 15 is 0 Å². The van der Waals surface area contributed by atoms with Crippen LogP contribution in [0.1, 0.15) is 0 Å². The highest BCUT2D eigenvalue weighted by Crippen LogP contribution is 2.40. The maximum absolute atomic E-state index is 2.45. The van der Waals surface area contributed by atoms with E-state index in [9.17, 15) is 0 Å². The Balaban J connectivity index is 1.08. The molecule has 2 aromatic heterocycles. The van der Waals surface area contributed by atoms with Crippen molar-refractivity contribution in [1.82, 2.24) is 9.13 Å². The second-order valence-electron chi connectivity index (χ2n) is 14.6. The summed E-state index contributed by atoms with van der Waals surface area (Å²) >= 11 is 0. The van der Waals surface area contributed by atoms with E-state index in [1.807, 2.05) is 0 Å². The van der Waals surface area contributed by atoms with Crippen LogP contribution in [-0.4, -0.2) is 9.13 Å². The second-order valence-corrected chi connectivity index (χ2v) is 14.6. The van der Waals surface area contributed by atoms with E-state index in [1.165, 1.54) is 88.1 Å². The van der Waals surface area contributed by atoms with Crippen LogP contribution in [0.25, 0.3) is 99.5 Å². The fourth-order valence-electron chi connectivity index (χ4n) is 8.63. The number of nitrogens with zero attached hydrogens (tertiary/aromatic N) is 2. The zero-order valence-electron chi connectivity index (χ0n) is 30.7. The number of para-hydroxylation sites is 2. The van der Waals surface area contributed by atoms with Crippen molar-refractivity contribution in [2.45, 2.75) is 0 Å². The van der Waals surface area contributed by atoms with E-state index in [1.54, 1.807) is 0 Å². The molecule has 56 heavy (non-hydrogen) atoms. The molecule has 2 heterocycles. The van der Waals surface area contributed by atoms with Crippen LogP contribution in [0.2, 0.25) is 0 Å². The van der Waals surface area contributed by atoms with Crippen molar-refractivity contribution >= 4 is 43.6 Å². The van der Waals surface area contributed by atoms with Gasteiger partial charge in [0.05, 0.1) is 22.1 Å². The van der Waals surface area contributed by atoms with Gasteiger partial charge >= 0.3 is 0 Å². The summed E-state index contributed by atoms with van der Waals surface area (Å²) in [7, 11) is 0. The summed E-state index contributed by atoms with van der Waals surface area (Å²) in [4.78, 5) is 0. The number of rotatable bonds is 6. The predicted molar refractivity (Wildman–Crippen MR) is 237 cm³/mol. The summed E-state index contributed by atoms with van der Waals surface area (Å²) < 4.78 is 4.85. The highest BCUT2D eigenvalue weighted by atomic mass is 15.0. The third-order valence-corrected chi connectivity index (χ3v) is 11.3. The van der Waals surface area contributed by atoms with Gasteiger partial charge in [-0.15, -0.1) is 0 Å². The van der Waals surface area contributed by atoms with Crippen molar-refractivity contribution < 1.29 is 0 Å². The molecule has 11 aromatic rings. The molecule has 0 amide bonds. The van der Waals surface area contributed by atoms with Gasteiger partial charge in [-0.2, -0.15) is 0 Å². The van der Waals surface area contributed by atoms with Crippen LogP contribution in [0.15, 0.2) is 218 Å².